The first kappa shape index (κ1) is 17.2. The third kappa shape index (κ3) is 5.95. The number of para-hydroxylation sites is 1. The van der Waals surface area contributed by atoms with Crippen LogP contribution in [-0.2, 0) is 9.59 Å². The molecule has 0 bridgehead atoms. The molecule has 116 valence electrons. The van der Waals surface area contributed by atoms with Crippen LogP contribution in [0, 0.1) is 13.8 Å². The SMILES string of the molecule is CCN(CCCC(=O)O)CC(=O)Nc1c(C)cccc1C. The van der Waals surface area contributed by atoms with E-state index in [0.29, 0.717) is 13.0 Å². The fraction of sp³-hybridized carbons (Fsp3) is 0.500. The minimum Gasteiger partial charge on any atom is -0.481 e. The first-order valence-corrected chi connectivity index (χ1v) is 7.24. The van der Waals surface area contributed by atoms with Gasteiger partial charge in [0.15, 0.2) is 0 Å². The molecule has 21 heavy (non-hydrogen) atoms. The van der Waals surface area contributed by atoms with Gasteiger partial charge in [-0.1, -0.05) is 25.1 Å². The van der Waals surface area contributed by atoms with Gasteiger partial charge in [0.05, 0.1) is 6.54 Å². The lowest BCUT2D eigenvalue weighted by Gasteiger charge is -2.20. The monoisotopic (exact) mass is 292 g/mol. The predicted molar refractivity (Wildman–Crippen MR) is 83.5 cm³/mol. The van der Waals surface area contributed by atoms with Gasteiger partial charge in [-0.15, -0.1) is 0 Å². The minimum atomic E-state index is -0.800. The molecule has 0 heterocycles. The second-order valence-corrected chi connectivity index (χ2v) is 5.18. The van der Waals surface area contributed by atoms with Gasteiger partial charge in [-0.05, 0) is 44.5 Å². The molecule has 1 aromatic rings. The van der Waals surface area contributed by atoms with E-state index in [-0.39, 0.29) is 18.9 Å². The Kier molecular flexibility index (Phi) is 6.88. The second-order valence-electron chi connectivity index (χ2n) is 5.18. The van der Waals surface area contributed by atoms with E-state index >= 15 is 0 Å². The maximum absolute atomic E-state index is 12.1. The van der Waals surface area contributed by atoms with Crippen LogP contribution in [0.25, 0.3) is 0 Å². The van der Waals surface area contributed by atoms with Crippen molar-refractivity contribution in [2.75, 3.05) is 25.0 Å². The molecule has 1 aromatic carbocycles. The van der Waals surface area contributed by atoms with Gasteiger partial charge in [0, 0.05) is 12.1 Å². The van der Waals surface area contributed by atoms with Crippen molar-refractivity contribution >= 4 is 17.6 Å². The van der Waals surface area contributed by atoms with E-state index in [0.717, 1.165) is 23.4 Å². The fourth-order valence-electron chi connectivity index (χ4n) is 2.20. The molecule has 5 heteroatoms. The van der Waals surface area contributed by atoms with Gasteiger partial charge < -0.3 is 10.4 Å². The van der Waals surface area contributed by atoms with E-state index in [1.54, 1.807) is 0 Å². The summed E-state index contributed by atoms with van der Waals surface area (Å²) < 4.78 is 0. The maximum atomic E-state index is 12.1. The summed E-state index contributed by atoms with van der Waals surface area (Å²) >= 11 is 0. The van der Waals surface area contributed by atoms with Crippen LogP contribution in [-0.4, -0.2) is 41.5 Å². The van der Waals surface area contributed by atoms with Gasteiger partial charge in [0.1, 0.15) is 0 Å². The largest absolute Gasteiger partial charge is 0.481 e. The van der Waals surface area contributed by atoms with Crippen molar-refractivity contribution in [3.63, 3.8) is 0 Å². The molecule has 0 unspecified atom stereocenters. The van der Waals surface area contributed by atoms with Crippen LogP contribution in [0.2, 0.25) is 0 Å². The molecule has 0 saturated heterocycles. The average Bonchev–Trinajstić information content (AvgIpc) is 2.41. The number of likely N-dealkylation sites (N-methyl/N-ethyl adjacent to an activating group) is 1. The molecule has 0 aliphatic rings. The smallest absolute Gasteiger partial charge is 0.303 e. The lowest BCUT2D eigenvalue weighted by molar-refractivity contribution is -0.137. The zero-order valence-corrected chi connectivity index (χ0v) is 13.0. The number of carbonyl (C=O) groups is 2. The van der Waals surface area contributed by atoms with Crippen molar-refractivity contribution in [2.24, 2.45) is 0 Å². The standard InChI is InChI=1S/C16H24N2O3/c1-4-18(10-6-9-15(20)21)11-14(19)17-16-12(2)7-5-8-13(16)3/h5,7-8H,4,6,9-11H2,1-3H3,(H,17,19)(H,20,21). The number of carboxylic acids is 1. The first-order chi connectivity index (χ1) is 9.93. The highest BCUT2D eigenvalue weighted by Crippen LogP contribution is 2.19. The van der Waals surface area contributed by atoms with Gasteiger partial charge in [0.2, 0.25) is 5.91 Å². The third-order valence-corrected chi connectivity index (χ3v) is 3.42. The van der Waals surface area contributed by atoms with Crippen molar-refractivity contribution in [3.8, 4) is 0 Å². The van der Waals surface area contributed by atoms with Crippen LogP contribution in [0.4, 0.5) is 5.69 Å². The summed E-state index contributed by atoms with van der Waals surface area (Å²) in [4.78, 5) is 24.6. The number of aliphatic carboxylic acids is 1. The van der Waals surface area contributed by atoms with E-state index in [1.165, 1.54) is 0 Å². The Morgan fingerprint density at radius 3 is 2.38 bits per heavy atom. The molecule has 0 atom stereocenters. The molecule has 0 radical (unpaired) electrons. The molecule has 0 aromatic heterocycles. The Labute approximate surface area is 126 Å². The average molecular weight is 292 g/mol. The van der Waals surface area contributed by atoms with Gasteiger partial charge in [0.25, 0.3) is 0 Å². The zero-order valence-electron chi connectivity index (χ0n) is 13.0. The number of aryl methyl sites for hydroxylation is 2. The highest BCUT2D eigenvalue weighted by Gasteiger charge is 2.12. The molecule has 2 N–H and O–H groups in total. The van der Waals surface area contributed by atoms with E-state index in [2.05, 4.69) is 5.32 Å². The van der Waals surface area contributed by atoms with Crippen LogP contribution in [0.15, 0.2) is 18.2 Å². The first-order valence-electron chi connectivity index (χ1n) is 7.24. The fourth-order valence-corrected chi connectivity index (χ4v) is 2.20. The molecular weight excluding hydrogens is 268 g/mol. The molecule has 0 aliphatic heterocycles. The number of amides is 1. The Balaban J connectivity index is 2.53. The number of anilines is 1. The minimum absolute atomic E-state index is 0.0652. The topological polar surface area (TPSA) is 69.6 Å². The normalized spacial score (nSPS) is 10.7. The van der Waals surface area contributed by atoms with Crippen molar-refractivity contribution in [3.05, 3.63) is 29.3 Å². The van der Waals surface area contributed by atoms with Crippen molar-refractivity contribution in [1.29, 1.82) is 0 Å². The van der Waals surface area contributed by atoms with Crippen molar-refractivity contribution in [1.82, 2.24) is 4.90 Å². The second kappa shape index (κ2) is 8.42. The van der Waals surface area contributed by atoms with Gasteiger partial charge >= 0.3 is 5.97 Å². The van der Waals surface area contributed by atoms with E-state index in [9.17, 15) is 9.59 Å². The number of hydrogen-bond acceptors (Lipinski definition) is 3. The number of nitrogens with zero attached hydrogens (tertiary/aromatic N) is 1. The predicted octanol–water partition coefficient (Wildman–Crippen LogP) is 2.43. The van der Waals surface area contributed by atoms with E-state index in [4.69, 9.17) is 5.11 Å². The van der Waals surface area contributed by atoms with Crippen molar-refractivity contribution in [2.45, 2.75) is 33.6 Å². The quantitative estimate of drug-likeness (QED) is 0.772. The highest BCUT2D eigenvalue weighted by molar-refractivity contribution is 5.93. The third-order valence-electron chi connectivity index (χ3n) is 3.42. The number of nitrogens with one attached hydrogen (secondary N) is 1. The highest BCUT2D eigenvalue weighted by atomic mass is 16.4. The van der Waals surface area contributed by atoms with Crippen LogP contribution >= 0.6 is 0 Å². The van der Waals surface area contributed by atoms with E-state index < -0.39 is 5.97 Å². The summed E-state index contributed by atoms with van der Waals surface area (Å²) in [7, 11) is 0. The molecule has 1 amide bonds. The Bertz CT molecular complexity index is 480. The number of rotatable bonds is 8. The summed E-state index contributed by atoms with van der Waals surface area (Å²) in [5.41, 5.74) is 2.94. The lowest BCUT2D eigenvalue weighted by Crippen LogP contribution is -2.34. The van der Waals surface area contributed by atoms with Crippen molar-refractivity contribution < 1.29 is 14.7 Å². The summed E-state index contributed by atoms with van der Waals surface area (Å²) in [5.74, 6) is -0.865. The number of carboxylic acid groups (broad SMARTS) is 1. The van der Waals surface area contributed by atoms with Gasteiger partial charge in [-0.25, -0.2) is 0 Å². The van der Waals surface area contributed by atoms with Crippen LogP contribution in [0.1, 0.15) is 30.9 Å². The van der Waals surface area contributed by atoms with Gasteiger partial charge in [-0.2, -0.15) is 0 Å². The molecule has 0 spiro atoms. The van der Waals surface area contributed by atoms with Gasteiger partial charge in [-0.3, -0.25) is 14.5 Å². The summed E-state index contributed by atoms with van der Waals surface area (Å²) in [5, 5.41) is 11.6. The number of benzene rings is 1. The van der Waals surface area contributed by atoms with Crippen LogP contribution < -0.4 is 5.32 Å². The summed E-state index contributed by atoms with van der Waals surface area (Å²) in [6.45, 7) is 7.51. The number of hydrogen-bond donors (Lipinski definition) is 2. The maximum Gasteiger partial charge on any atom is 0.303 e. The summed E-state index contributed by atoms with van der Waals surface area (Å²) in [6, 6.07) is 5.89. The van der Waals surface area contributed by atoms with Crippen LogP contribution in [0.3, 0.4) is 0 Å². The molecular formula is C16H24N2O3. The molecule has 0 aliphatic carbocycles. The van der Waals surface area contributed by atoms with Crippen LogP contribution in [0.5, 0.6) is 0 Å². The molecule has 0 saturated carbocycles. The lowest BCUT2D eigenvalue weighted by atomic mass is 10.1. The Hall–Kier alpha value is -1.88. The van der Waals surface area contributed by atoms with E-state index in [1.807, 2.05) is 43.9 Å². The zero-order chi connectivity index (χ0) is 15.8. The Morgan fingerprint density at radius 2 is 1.86 bits per heavy atom. The molecule has 5 nitrogen and oxygen atoms in total. The molecule has 1 rings (SSSR count). The molecule has 0 fully saturated rings. The number of carbonyl (C=O) groups excluding carboxylic acids is 1. The Morgan fingerprint density at radius 1 is 1.24 bits per heavy atom. The summed E-state index contributed by atoms with van der Waals surface area (Å²) in [6.07, 6.45) is 0.689.